The van der Waals surface area contributed by atoms with Gasteiger partial charge < -0.3 is 16.4 Å². The molecular formula is C11H17N5O. The molecule has 92 valence electrons. The van der Waals surface area contributed by atoms with Crippen LogP contribution in [-0.4, -0.2) is 29.0 Å². The zero-order chi connectivity index (χ0) is 12.5. The van der Waals surface area contributed by atoms with E-state index in [1.807, 2.05) is 11.8 Å². The van der Waals surface area contributed by atoms with Gasteiger partial charge in [-0.05, 0) is 13.3 Å². The molecule has 6 nitrogen and oxygen atoms in total. The van der Waals surface area contributed by atoms with Crippen LogP contribution >= 0.6 is 0 Å². The van der Waals surface area contributed by atoms with E-state index < -0.39 is 5.41 Å². The van der Waals surface area contributed by atoms with Crippen molar-refractivity contribution in [3.63, 3.8) is 0 Å². The second kappa shape index (κ2) is 4.29. The van der Waals surface area contributed by atoms with Gasteiger partial charge in [0.05, 0.1) is 5.41 Å². The number of rotatable bonds is 3. The fourth-order valence-corrected chi connectivity index (χ4v) is 1.95. The molecule has 0 aromatic carbocycles. The Balaban J connectivity index is 2.12. The number of carbonyl (C=O) groups is 1. The lowest BCUT2D eigenvalue weighted by Gasteiger charge is -2.20. The summed E-state index contributed by atoms with van der Waals surface area (Å²) >= 11 is 0. The van der Waals surface area contributed by atoms with Gasteiger partial charge in [0.2, 0.25) is 11.9 Å². The van der Waals surface area contributed by atoms with E-state index >= 15 is 0 Å². The van der Waals surface area contributed by atoms with Gasteiger partial charge in [0, 0.05) is 37.6 Å². The Morgan fingerprint density at radius 1 is 1.53 bits per heavy atom. The lowest BCUT2D eigenvalue weighted by Crippen LogP contribution is -2.37. The Hall–Kier alpha value is -1.69. The summed E-state index contributed by atoms with van der Waals surface area (Å²) in [5, 5.41) is 0. The van der Waals surface area contributed by atoms with Crippen molar-refractivity contribution in [3.05, 3.63) is 18.0 Å². The fourth-order valence-electron chi connectivity index (χ4n) is 1.95. The van der Waals surface area contributed by atoms with Crippen molar-refractivity contribution >= 4 is 11.9 Å². The van der Waals surface area contributed by atoms with E-state index in [1.165, 1.54) is 0 Å². The third kappa shape index (κ3) is 2.21. The summed E-state index contributed by atoms with van der Waals surface area (Å²) in [6.07, 6.45) is 4.16. The third-order valence-corrected chi connectivity index (χ3v) is 3.28. The topological polar surface area (TPSA) is 98.1 Å². The molecule has 1 atom stereocenters. The van der Waals surface area contributed by atoms with Gasteiger partial charge in [-0.2, -0.15) is 0 Å². The number of anilines is 1. The van der Waals surface area contributed by atoms with Crippen molar-refractivity contribution in [2.24, 2.45) is 16.9 Å². The lowest BCUT2D eigenvalue weighted by molar-refractivity contribution is -0.125. The summed E-state index contributed by atoms with van der Waals surface area (Å²) in [5.74, 6) is 0.366. The van der Waals surface area contributed by atoms with E-state index in [1.54, 1.807) is 12.4 Å². The van der Waals surface area contributed by atoms with Gasteiger partial charge in [0.1, 0.15) is 0 Å². The maximum atomic E-state index is 11.3. The van der Waals surface area contributed by atoms with Crippen LogP contribution in [0.2, 0.25) is 0 Å². The van der Waals surface area contributed by atoms with Crippen LogP contribution in [0.1, 0.15) is 18.9 Å². The highest BCUT2D eigenvalue weighted by atomic mass is 16.1. The van der Waals surface area contributed by atoms with Crippen LogP contribution in [0.4, 0.5) is 5.95 Å². The predicted octanol–water partition coefficient (Wildman–Crippen LogP) is -0.363. The Kier molecular flexibility index (Phi) is 2.97. The van der Waals surface area contributed by atoms with Crippen molar-refractivity contribution in [2.45, 2.75) is 19.9 Å². The van der Waals surface area contributed by atoms with Gasteiger partial charge >= 0.3 is 0 Å². The number of carbonyl (C=O) groups excluding carboxylic acids is 1. The average Bonchev–Trinajstić information content (AvgIpc) is 2.74. The van der Waals surface area contributed by atoms with E-state index in [0.29, 0.717) is 19.0 Å². The second-order valence-electron chi connectivity index (χ2n) is 4.69. The number of nitrogens with two attached hydrogens (primary N) is 2. The zero-order valence-corrected chi connectivity index (χ0v) is 9.89. The number of hydrogen-bond acceptors (Lipinski definition) is 5. The fraction of sp³-hybridized carbons (Fsp3) is 0.545. The maximum Gasteiger partial charge on any atom is 0.225 e. The highest BCUT2D eigenvalue weighted by Gasteiger charge is 2.39. The van der Waals surface area contributed by atoms with Crippen molar-refractivity contribution in [1.29, 1.82) is 0 Å². The molecule has 2 rings (SSSR count). The summed E-state index contributed by atoms with van der Waals surface area (Å²) in [5.41, 5.74) is 11.3. The van der Waals surface area contributed by atoms with Crippen molar-refractivity contribution in [3.8, 4) is 0 Å². The van der Waals surface area contributed by atoms with Gasteiger partial charge in [-0.1, -0.05) is 0 Å². The first kappa shape index (κ1) is 11.8. The maximum absolute atomic E-state index is 11.3. The van der Waals surface area contributed by atoms with Crippen molar-refractivity contribution in [1.82, 2.24) is 9.97 Å². The summed E-state index contributed by atoms with van der Waals surface area (Å²) in [6, 6.07) is 0. The monoisotopic (exact) mass is 235 g/mol. The van der Waals surface area contributed by atoms with Crippen molar-refractivity contribution in [2.75, 3.05) is 18.0 Å². The van der Waals surface area contributed by atoms with E-state index in [4.69, 9.17) is 11.5 Å². The first-order valence-corrected chi connectivity index (χ1v) is 5.61. The number of nitrogens with zero attached hydrogens (tertiary/aromatic N) is 3. The average molecular weight is 235 g/mol. The summed E-state index contributed by atoms with van der Waals surface area (Å²) < 4.78 is 0. The van der Waals surface area contributed by atoms with Gasteiger partial charge in [-0.15, -0.1) is 0 Å². The lowest BCUT2D eigenvalue weighted by atomic mass is 9.89. The Morgan fingerprint density at radius 2 is 2.18 bits per heavy atom. The molecule has 6 heteroatoms. The minimum absolute atomic E-state index is 0.265. The first-order chi connectivity index (χ1) is 8.05. The van der Waals surface area contributed by atoms with Crippen LogP contribution in [0.25, 0.3) is 0 Å². The Labute approximate surface area is 100 Å². The molecule has 1 fully saturated rings. The van der Waals surface area contributed by atoms with Gasteiger partial charge in [-0.25, -0.2) is 9.97 Å². The van der Waals surface area contributed by atoms with Crippen LogP contribution < -0.4 is 16.4 Å². The molecule has 1 unspecified atom stereocenters. The minimum atomic E-state index is -0.476. The van der Waals surface area contributed by atoms with E-state index in [0.717, 1.165) is 18.5 Å². The number of aromatic nitrogens is 2. The van der Waals surface area contributed by atoms with Gasteiger partial charge in [-0.3, -0.25) is 4.79 Å². The normalized spacial score (nSPS) is 24.0. The molecule has 1 aliphatic rings. The molecule has 0 bridgehead atoms. The van der Waals surface area contributed by atoms with E-state index in [-0.39, 0.29) is 5.91 Å². The summed E-state index contributed by atoms with van der Waals surface area (Å²) in [6.45, 7) is 3.63. The van der Waals surface area contributed by atoms with Crippen LogP contribution in [0, 0.1) is 5.41 Å². The van der Waals surface area contributed by atoms with Crippen LogP contribution in [0.5, 0.6) is 0 Å². The Bertz CT molecular complexity index is 418. The summed E-state index contributed by atoms with van der Waals surface area (Å²) in [7, 11) is 0. The van der Waals surface area contributed by atoms with Gasteiger partial charge in [0.15, 0.2) is 0 Å². The molecular weight excluding hydrogens is 218 g/mol. The minimum Gasteiger partial charge on any atom is -0.369 e. The largest absolute Gasteiger partial charge is 0.369 e. The Morgan fingerprint density at radius 3 is 2.65 bits per heavy atom. The van der Waals surface area contributed by atoms with E-state index in [9.17, 15) is 4.79 Å². The molecule has 0 radical (unpaired) electrons. The first-order valence-electron chi connectivity index (χ1n) is 5.61. The third-order valence-electron chi connectivity index (χ3n) is 3.28. The highest BCUT2D eigenvalue weighted by Crippen LogP contribution is 2.31. The van der Waals surface area contributed by atoms with Crippen LogP contribution in [0.15, 0.2) is 12.4 Å². The summed E-state index contributed by atoms with van der Waals surface area (Å²) in [4.78, 5) is 21.8. The predicted molar refractivity (Wildman–Crippen MR) is 64.1 cm³/mol. The molecule has 1 aromatic heterocycles. The standard InChI is InChI=1S/C11H17N5O/c1-11(9(13)17)2-3-16(7-11)10-14-5-8(4-12)6-15-10/h5-6H,2-4,7,12H2,1H3,(H2,13,17). The molecule has 1 amide bonds. The van der Waals surface area contributed by atoms with E-state index in [2.05, 4.69) is 9.97 Å². The number of amides is 1. The van der Waals surface area contributed by atoms with Crippen LogP contribution in [-0.2, 0) is 11.3 Å². The molecule has 0 spiro atoms. The molecule has 1 aromatic rings. The SMILES string of the molecule is CC1(C(N)=O)CCN(c2ncc(CN)cn2)C1. The molecule has 17 heavy (non-hydrogen) atoms. The molecule has 1 saturated heterocycles. The van der Waals surface area contributed by atoms with Crippen LogP contribution in [0.3, 0.4) is 0 Å². The molecule has 4 N–H and O–H groups in total. The van der Waals surface area contributed by atoms with Crippen molar-refractivity contribution < 1.29 is 4.79 Å². The van der Waals surface area contributed by atoms with Gasteiger partial charge in [0.25, 0.3) is 0 Å². The quantitative estimate of drug-likeness (QED) is 0.745. The molecule has 1 aliphatic heterocycles. The molecule has 0 aliphatic carbocycles. The second-order valence-corrected chi connectivity index (χ2v) is 4.69. The smallest absolute Gasteiger partial charge is 0.225 e. The number of primary amides is 1. The highest BCUT2D eigenvalue weighted by molar-refractivity contribution is 5.81. The zero-order valence-electron chi connectivity index (χ0n) is 9.89. The molecule has 2 heterocycles. The molecule has 0 saturated carbocycles. The number of hydrogen-bond donors (Lipinski definition) is 2.